The van der Waals surface area contributed by atoms with Crippen LogP contribution in [0.15, 0.2) is 30.3 Å². The number of hydrogen-bond acceptors (Lipinski definition) is 5. The van der Waals surface area contributed by atoms with Gasteiger partial charge in [0.15, 0.2) is 5.41 Å². The van der Waals surface area contributed by atoms with E-state index in [1.165, 1.54) is 14.2 Å². The van der Waals surface area contributed by atoms with Gasteiger partial charge in [0.05, 0.1) is 14.2 Å². The molecule has 2 rings (SSSR count). The summed E-state index contributed by atoms with van der Waals surface area (Å²) in [6.07, 6.45) is 0.423. The van der Waals surface area contributed by atoms with Crippen LogP contribution in [0.1, 0.15) is 30.7 Å². The second-order valence-corrected chi connectivity index (χ2v) is 5.16. The summed E-state index contributed by atoms with van der Waals surface area (Å²) >= 11 is 0. The van der Waals surface area contributed by atoms with Gasteiger partial charge in [0.2, 0.25) is 0 Å². The Bertz CT molecular complexity index is 533. The van der Waals surface area contributed by atoms with E-state index in [4.69, 9.17) is 9.47 Å². The fraction of sp³-hybridized carbons (Fsp3) is 0.438. The van der Waals surface area contributed by atoms with Gasteiger partial charge < -0.3 is 9.47 Å². The molecule has 21 heavy (non-hydrogen) atoms. The van der Waals surface area contributed by atoms with Crippen molar-refractivity contribution in [2.45, 2.75) is 25.2 Å². The molecular formula is C16H18O5. The molecule has 1 fully saturated rings. The summed E-state index contributed by atoms with van der Waals surface area (Å²) in [5.74, 6) is -1.81. The standard InChI is InChI=1S/C16H18O5/c1-20-14(18)16(15(19)21-2)9-8-12(17)10-13(16)11-6-4-3-5-7-11/h3-7,13H,8-10H2,1-2H3. The van der Waals surface area contributed by atoms with Crippen molar-refractivity contribution in [1.82, 2.24) is 0 Å². The first-order valence-corrected chi connectivity index (χ1v) is 6.79. The van der Waals surface area contributed by atoms with Crippen LogP contribution in [-0.4, -0.2) is 31.9 Å². The zero-order valence-corrected chi connectivity index (χ0v) is 12.1. The van der Waals surface area contributed by atoms with Crippen LogP contribution in [0.3, 0.4) is 0 Å². The predicted octanol–water partition coefficient (Wildman–Crippen LogP) is 1.86. The van der Waals surface area contributed by atoms with Crippen molar-refractivity contribution in [1.29, 1.82) is 0 Å². The maximum atomic E-state index is 12.3. The molecule has 0 saturated heterocycles. The predicted molar refractivity (Wildman–Crippen MR) is 74.5 cm³/mol. The molecule has 1 aliphatic rings. The van der Waals surface area contributed by atoms with Crippen LogP contribution in [0.2, 0.25) is 0 Å². The third kappa shape index (κ3) is 2.55. The van der Waals surface area contributed by atoms with Crippen molar-refractivity contribution in [3.8, 4) is 0 Å². The van der Waals surface area contributed by atoms with Crippen LogP contribution >= 0.6 is 0 Å². The summed E-state index contributed by atoms with van der Waals surface area (Å²) in [6, 6.07) is 9.08. The van der Waals surface area contributed by atoms with Gasteiger partial charge >= 0.3 is 11.9 Å². The van der Waals surface area contributed by atoms with Gasteiger partial charge in [0.1, 0.15) is 5.78 Å². The average Bonchev–Trinajstić information content (AvgIpc) is 2.54. The topological polar surface area (TPSA) is 69.7 Å². The van der Waals surface area contributed by atoms with Crippen LogP contribution < -0.4 is 0 Å². The summed E-state index contributed by atoms with van der Waals surface area (Å²) in [4.78, 5) is 36.5. The van der Waals surface area contributed by atoms with Crippen LogP contribution in [0, 0.1) is 5.41 Å². The number of benzene rings is 1. The van der Waals surface area contributed by atoms with Crippen molar-refractivity contribution in [2.75, 3.05) is 14.2 Å². The Balaban J connectivity index is 2.55. The van der Waals surface area contributed by atoms with Gasteiger partial charge in [-0.25, -0.2) is 0 Å². The SMILES string of the molecule is COC(=O)C1(C(=O)OC)CCC(=O)CC1c1ccccc1. The second-order valence-electron chi connectivity index (χ2n) is 5.16. The van der Waals surface area contributed by atoms with Gasteiger partial charge in [-0.3, -0.25) is 14.4 Å². The van der Waals surface area contributed by atoms with Gasteiger partial charge in [-0.15, -0.1) is 0 Å². The third-order valence-corrected chi connectivity index (χ3v) is 4.13. The first-order valence-electron chi connectivity index (χ1n) is 6.79. The summed E-state index contributed by atoms with van der Waals surface area (Å²) in [5, 5.41) is 0. The quantitative estimate of drug-likeness (QED) is 0.627. The normalized spacial score (nSPS) is 20.7. The number of methoxy groups -OCH3 is 2. The van der Waals surface area contributed by atoms with E-state index in [-0.39, 0.29) is 25.0 Å². The maximum absolute atomic E-state index is 12.3. The minimum absolute atomic E-state index is 0.0345. The molecule has 1 atom stereocenters. The second kappa shape index (κ2) is 6.08. The summed E-state index contributed by atoms with van der Waals surface area (Å²) in [6.45, 7) is 0. The van der Waals surface area contributed by atoms with E-state index in [1.807, 2.05) is 30.3 Å². The largest absolute Gasteiger partial charge is 0.468 e. The highest BCUT2D eigenvalue weighted by Gasteiger charge is 2.57. The minimum Gasteiger partial charge on any atom is -0.468 e. The zero-order valence-electron chi connectivity index (χ0n) is 12.1. The number of Topliss-reactive ketones (excluding diaryl/α,β-unsaturated/α-hetero) is 1. The molecule has 1 aliphatic carbocycles. The number of esters is 2. The van der Waals surface area contributed by atoms with E-state index >= 15 is 0 Å². The zero-order chi connectivity index (χ0) is 15.5. The highest BCUT2D eigenvalue weighted by atomic mass is 16.5. The van der Waals surface area contributed by atoms with Crippen molar-refractivity contribution < 1.29 is 23.9 Å². The van der Waals surface area contributed by atoms with E-state index in [1.54, 1.807) is 0 Å². The van der Waals surface area contributed by atoms with Crippen LogP contribution in [0.4, 0.5) is 0 Å². The Kier molecular flexibility index (Phi) is 4.40. The number of rotatable bonds is 3. The van der Waals surface area contributed by atoms with E-state index in [2.05, 4.69) is 0 Å². The Morgan fingerprint density at radius 3 is 2.19 bits per heavy atom. The number of carbonyl (C=O) groups is 3. The lowest BCUT2D eigenvalue weighted by Crippen LogP contribution is -2.49. The monoisotopic (exact) mass is 290 g/mol. The molecule has 5 heteroatoms. The Labute approximate surface area is 123 Å². The molecule has 0 heterocycles. The van der Waals surface area contributed by atoms with Crippen molar-refractivity contribution in [2.24, 2.45) is 5.41 Å². The van der Waals surface area contributed by atoms with Gasteiger partial charge in [-0.1, -0.05) is 30.3 Å². The number of ketones is 1. The molecule has 0 spiro atoms. The average molecular weight is 290 g/mol. The Morgan fingerprint density at radius 2 is 1.67 bits per heavy atom. The molecule has 112 valence electrons. The van der Waals surface area contributed by atoms with Crippen molar-refractivity contribution in [3.05, 3.63) is 35.9 Å². The molecule has 1 unspecified atom stereocenters. The molecule has 0 amide bonds. The highest BCUT2D eigenvalue weighted by molar-refractivity contribution is 6.03. The molecule has 1 aromatic carbocycles. The molecule has 0 aliphatic heterocycles. The maximum Gasteiger partial charge on any atom is 0.323 e. The van der Waals surface area contributed by atoms with E-state index in [9.17, 15) is 14.4 Å². The van der Waals surface area contributed by atoms with E-state index in [0.717, 1.165) is 5.56 Å². The van der Waals surface area contributed by atoms with E-state index in [0.29, 0.717) is 0 Å². The van der Waals surface area contributed by atoms with Gasteiger partial charge in [0, 0.05) is 18.8 Å². The summed E-state index contributed by atoms with van der Waals surface area (Å²) < 4.78 is 9.70. The fourth-order valence-electron chi connectivity index (χ4n) is 3.04. The molecule has 1 aromatic rings. The third-order valence-electron chi connectivity index (χ3n) is 4.13. The molecule has 0 aromatic heterocycles. The molecule has 1 saturated carbocycles. The molecule has 0 N–H and O–H groups in total. The van der Waals surface area contributed by atoms with Gasteiger partial charge in [-0.05, 0) is 12.0 Å². The summed E-state index contributed by atoms with van der Waals surface area (Å²) in [7, 11) is 2.48. The lowest BCUT2D eigenvalue weighted by Gasteiger charge is -2.38. The highest BCUT2D eigenvalue weighted by Crippen LogP contribution is 2.48. The molecular weight excluding hydrogens is 272 g/mol. The van der Waals surface area contributed by atoms with Crippen molar-refractivity contribution in [3.63, 3.8) is 0 Å². The lowest BCUT2D eigenvalue weighted by atomic mass is 9.63. The smallest absolute Gasteiger partial charge is 0.323 e. The van der Waals surface area contributed by atoms with E-state index < -0.39 is 23.3 Å². The fourth-order valence-corrected chi connectivity index (χ4v) is 3.04. The number of ether oxygens (including phenoxy) is 2. The van der Waals surface area contributed by atoms with Gasteiger partial charge in [-0.2, -0.15) is 0 Å². The Morgan fingerprint density at radius 1 is 1.10 bits per heavy atom. The molecule has 0 radical (unpaired) electrons. The lowest BCUT2D eigenvalue weighted by molar-refractivity contribution is -0.173. The summed E-state index contributed by atoms with van der Waals surface area (Å²) in [5.41, 5.74) is -0.681. The Hall–Kier alpha value is -2.17. The van der Waals surface area contributed by atoms with Crippen molar-refractivity contribution >= 4 is 17.7 Å². The van der Waals surface area contributed by atoms with Crippen LogP contribution in [0.25, 0.3) is 0 Å². The van der Waals surface area contributed by atoms with Crippen LogP contribution in [-0.2, 0) is 23.9 Å². The minimum atomic E-state index is -1.45. The first-order chi connectivity index (χ1) is 10.1. The number of hydrogen-bond donors (Lipinski definition) is 0. The van der Waals surface area contributed by atoms with Crippen LogP contribution in [0.5, 0.6) is 0 Å². The molecule has 0 bridgehead atoms. The first kappa shape index (κ1) is 15.2. The number of carbonyl (C=O) groups excluding carboxylic acids is 3. The van der Waals surface area contributed by atoms with Gasteiger partial charge in [0.25, 0.3) is 0 Å². The molecule has 5 nitrogen and oxygen atoms in total.